The van der Waals surface area contributed by atoms with Gasteiger partial charge in [0.15, 0.2) is 0 Å². The lowest BCUT2D eigenvalue weighted by Crippen LogP contribution is -1.89. The Morgan fingerprint density at radius 1 is 1.54 bits per heavy atom. The van der Waals surface area contributed by atoms with Crippen molar-refractivity contribution < 1.29 is 4.79 Å². The van der Waals surface area contributed by atoms with Crippen LogP contribution in [0.15, 0.2) is 27.6 Å². The van der Waals surface area contributed by atoms with Gasteiger partial charge >= 0.3 is 0 Å². The molecule has 0 aromatic heterocycles. The van der Waals surface area contributed by atoms with Crippen molar-refractivity contribution in [2.45, 2.75) is 17.7 Å². The Bertz CT molecular complexity index is 299. The smallest absolute Gasteiger partial charge is 0.120 e. The lowest BCUT2D eigenvalue weighted by Gasteiger charge is -2.05. The van der Waals surface area contributed by atoms with Gasteiger partial charge in [0.1, 0.15) is 6.29 Å². The summed E-state index contributed by atoms with van der Waals surface area (Å²) in [6.07, 6.45) is 4.46. The minimum absolute atomic E-state index is 0.606. The maximum absolute atomic E-state index is 10.2. The zero-order valence-electron chi connectivity index (χ0n) is 7.42. The van der Waals surface area contributed by atoms with Crippen molar-refractivity contribution in [3.8, 4) is 0 Å². The molecule has 70 valence electrons. The first-order valence-corrected chi connectivity index (χ1v) is 6.05. The van der Waals surface area contributed by atoms with Crippen LogP contribution in [0.1, 0.15) is 12.0 Å². The summed E-state index contributed by atoms with van der Waals surface area (Å²) in [5.74, 6) is 0. The minimum Gasteiger partial charge on any atom is -0.303 e. The van der Waals surface area contributed by atoms with Gasteiger partial charge in [0.05, 0.1) is 0 Å². The highest BCUT2D eigenvalue weighted by molar-refractivity contribution is 9.10. The fourth-order valence-corrected chi connectivity index (χ4v) is 2.33. The molecule has 0 unspecified atom stereocenters. The summed E-state index contributed by atoms with van der Waals surface area (Å²) >= 11 is 5.14. The minimum atomic E-state index is 0.606. The molecule has 1 nitrogen and oxygen atoms in total. The van der Waals surface area contributed by atoms with Gasteiger partial charge in [0.25, 0.3) is 0 Å². The third-order valence-corrected chi connectivity index (χ3v) is 3.09. The molecule has 1 aromatic carbocycles. The average Bonchev–Trinajstić information content (AvgIpc) is 2.16. The van der Waals surface area contributed by atoms with Crippen LogP contribution in [0, 0.1) is 0 Å². The molecule has 13 heavy (non-hydrogen) atoms. The summed E-state index contributed by atoms with van der Waals surface area (Å²) in [5.41, 5.74) is 1.25. The van der Waals surface area contributed by atoms with Crippen molar-refractivity contribution in [2.75, 3.05) is 6.26 Å². The number of carbonyl (C=O) groups excluding carboxylic acids is 1. The lowest BCUT2D eigenvalue weighted by atomic mass is 10.1. The fraction of sp³-hybridized carbons (Fsp3) is 0.300. The van der Waals surface area contributed by atoms with Crippen molar-refractivity contribution in [3.63, 3.8) is 0 Å². The highest BCUT2D eigenvalue weighted by Gasteiger charge is 2.01. The van der Waals surface area contributed by atoms with Gasteiger partial charge in [0, 0.05) is 15.8 Å². The van der Waals surface area contributed by atoms with Crippen LogP contribution >= 0.6 is 27.7 Å². The molecular weight excluding hydrogens is 248 g/mol. The predicted molar refractivity (Wildman–Crippen MR) is 60.3 cm³/mol. The second-order valence-corrected chi connectivity index (χ2v) is 4.43. The summed E-state index contributed by atoms with van der Waals surface area (Å²) in [6.45, 7) is 0. The molecule has 0 radical (unpaired) electrons. The largest absolute Gasteiger partial charge is 0.303 e. The number of benzene rings is 1. The zero-order chi connectivity index (χ0) is 9.68. The van der Waals surface area contributed by atoms with Gasteiger partial charge in [-0.3, -0.25) is 0 Å². The van der Waals surface area contributed by atoms with E-state index < -0.39 is 0 Å². The Kier molecular flexibility index (Phi) is 4.53. The highest BCUT2D eigenvalue weighted by atomic mass is 79.9. The number of hydrogen-bond acceptors (Lipinski definition) is 2. The van der Waals surface area contributed by atoms with Crippen LogP contribution in [-0.2, 0) is 11.2 Å². The average molecular weight is 259 g/mol. The SMILES string of the molecule is CSc1cc(Br)ccc1CCC=O. The van der Waals surface area contributed by atoms with Crippen LogP contribution in [0.5, 0.6) is 0 Å². The molecule has 0 heterocycles. The summed E-state index contributed by atoms with van der Waals surface area (Å²) in [7, 11) is 0. The molecule has 0 aliphatic carbocycles. The predicted octanol–water partition coefficient (Wildman–Crippen LogP) is 3.30. The second-order valence-electron chi connectivity index (χ2n) is 2.66. The van der Waals surface area contributed by atoms with E-state index in [1.807, 2.05) is 12.3 Å². The third kappa shape index (κ3) is 3.16. The monoisotopic (exact) mass is 258 g/mol. The molecule has 1 rings (SSSR count). The molecule has 0 bridgehead atoms. The summed E-state index contributed by atoms with van der Waals surface area (Å²) in [6, 6.07) is 6.17. The Morgan fingerprint density at radius 2 is 2.31 bits per heavy atom. The molecule has 3 heteroatoms. The molecule has 0 atom stereocenters. The van der Waals surface area contributed by atoms with Gasteiger partial charge < -0.3 is 4.79 Å². The summed E-state index contributed by atoms with van der Waals surface area (Å²) in [5, 5.41) is 0. The first-order valence-electron chi connectivity index (χ1n) is 4.04. The molecule has 0 N–H and O–H groups in total. The molecule has 0 fully saturated rings. The zero-order valence-corrected chi connectivity index (χ0v) is 9.82. The quantitative estimate of drug-likeness (QED) is 0.609. The lowest BCUT2D eigenvalue weighted by molar-refractivity contribution is -0.107. The number of thioether (sulfide) groups is 1. The molecule has 1 aromatic rings. The summed E-state index contributed by atoms with van der Waals surface area (Å²) in [4.78, 5) is 11.5. The maximum atomic E-state index is 10.2. The van der Waals surface area contributed by atoms with Crippen molar-refractivity contribution in [1.82, 2.24) is 0 Å². The topological polar surface area (TPSA) is 17.1 Å². The third-order valence-electron chi connectivity index (χ3n) is 1.78. The van der Waals surface area contributed by atoms with Crippen LogP contribution in [0.25, 0.3) is 0 Å². The van der Waals surface area contributed by atoms with E-state index >= 15 is 0 Å². The van der Waals surface area contributed by atoms with Crippen molar-refractivity contribution in [3.05, 3.63) is 28.2 Å². The fourth-order valence-electron chi connectivity index (χ4n) is 1.14. The number of hydrogen-bond donors (Lipinski definition) is 0. The van der Waals surface area contributed by atoms with Crippen LogP contribution in [-0.4, -0.2) is 12.5 Å². The van der Waals surface area contributed by atoms with E-state index in [4.69, 9.17) is 0 Å². The molecule has 0 saturated carbocycles. The van der Waals surface area contributed by atoms with E-state index in [2.05, 4.69) is 28.1 Å². The first kappa shape index (κ1) is 10.8. The van der Waals surface area contributed by atoms with Gasteiger partial charge in [-0.2, -0.15) is 0 Å². The van der Waals surface area contributed by atoms with Crippen molar-refractivity contribution in [1.29, 1.82) is 0 Å². The standard InChI is InChI=1S/C10H11BrOS/c1-13-10-7-9(11)5-4-8(10)3-2-6-12/h4-7H,2-3H2,1H3. The van der Waals surface area contributed by atoms with E-state index in [0.29, 0.717) is 6.42 Å². The van der Waals surface area contributed by atoms with E-state index in [1.54, 1.807) is 11.8 Å². The molecule has 0 amide bonds. The van der Waals surface area contributed by atoms with Crippen LogP contribution in [0.3, 0.4) is 0 Å². The second kappa shape index (κ2) is 5.45. The molecular formula is C10H11BrOS. The summed E-state index contributed by atoms with van der Waals surface area (Å²) < 4.78 is 1.09. The van der Waals surface area contributed by atoms with Crippen LogP contribution in [0.4, 0.5) is 0 Å². The Hall–Kier alpha value is -0.280. The van der Waals surface area contributed by atoms with E-state index in [9.17, 15) is 4.79 Å². The van der Waals surface area contributed by atoms with E-state index in [-0.39, 0.29) is 0 Å². The van der Waals surface area contributed by atoms with Crippen LogP contribution < -0.4 is 0 Å². The van der Waals surface area contributed by atoms with E-state index in [1.165, 1.54) is 10.5 Å². The molecule has 0 aliphatic rings. The Labute approximate surface area is 91.0 Å². The van der Waals surface area contributed by atoms with Gasteiger partial charge in [-0.05, 0) is 30.4 Å². The number of aryl methyl sites for hydroxylation is 1. The molecule has 0 aliphatic heterocycles. The van der Waals surface area contributed by atoms with Gasteiger partial charge in [-0.15, -0.1) is 11.8 Å². The first-order chi connectivity index (χ1) is 6.27. The van der Waals surface area contributed by atoms with Gasteiger partial charge in [-0.25, -0.2) is 0 Å². The molecule has 0 spiro atoms. The van der Waals surface area contributed by atoms with Crippen molar-refractivity contribution in [2.24, 2.45) is 0 Å². The van der Waals surface area contributed by atoms with E-state index in [0.717, 1.165) is 17.2 Å². The number of rotatable bonds is 4. The van der Waals surface area contributed by atoms with Crippen molar-refractivity contribution >= 4 is 34.0 Å². The van der Waals surface area contributed by atoms with Crippen LogP contribution in [0.2, 0.25) is 0 Å². The number of carbonyl (C=O) groups is 1. The number of halogens is 1. The normalized spacial score (nSPS) is 10.0. The number of aldehydes is 1. The maximum Gasteiger partial charge on any atom is 0.120 e. The highest BCUT2D eigenvalue weighted by Crippen LogP contribution is 2.25. The Balaban J connectivity index is 2.85. The molecule has 0 saturated heterocycles. The Morgan fingerprint density at radius 3 is 2.92 bits per heavy atom. The van der Waals surface area contributed by atoms with Gasteiger partial charge in [-0.1, -0.05) is 22.0 Å². The van der Waals surface area contributed by atoms with Gasteiger partial charge in [0.2, 0.25) is 0 Å².